The summed E-state index contributed by atoms with van der Waals surface area (Å²) >= 11 is 0. The molecule has 10 nitrogen and oxygen atoms in total. The van der Waals surface area contributed by atoms with Crippen molar-refractivity contribution in [2.45, 2.75) is 69.2 Å². The molecule has 2 aromatic heterocycles. The highest BCUT2D eigenvalue weighted by molar-refractivity contribution is 6.16. The zero-order valence-electron chi connectivity index (χ0n) is 29.8. The van der Waals surface area contributed by atoms with Gasteiger partial charge in [-0.2, -0.15) is 9.97 Å². The van der Waals surface area contributed by atoms with Crippen LogP contribution in [-0.2, 0) is 4.74 Å². The molecule has 4 fully saturated rings. The van der Waals surface area contributed by atoms with Crippen molar-refractivity contribution in [1.82, 2.24) is 24.8 Å². The number of benzene rings is 3. The Balaban J connectivity index is 1.26. The molecular formula is C40H41F3N6O4. The maximum Gasteiger partial charge on any atom is 0.319 e. The highest BCUT2D eigenvalue weighted by Crippen LogP contribution is 2.47. The summed E-state index contributed by atoms with van der Waals surface area (Å²) in [5, 5.41) is 11.9. The second kappa shape index (κ2) is 13.0. The molecule has 4 saturated heterocycles. The van der Waals surface area contributed by atoms with E-state index in [0.29, 0.717) is 36.2 Å². The van der Waals surface area contributed by atoms with Gasteiger partial charge < -0.3 is 23.9 Å². The molecule has 0 saturated carbocycles. The van der Waals surface area contributed by atoms with E-state index in [0.717, 1.165) is 58.3 Å². The van der Waals surface area contributed by atoms with E-state index >= 15 is 8.78 Å². The van der Waals surface area contributed by atoms with Gasteiger partial charge in [-0.05, 0) is 67.8 Å². The number of nitrogens with zero attached hydrogens (tertiary/aromatic N) is 6. The molecular weight excluding hydrogens is 685 g/mol. The third kappa shape index (κ3) is 5.56. The van der Waals surface area contributed by atoms with Crippen molar-refractivity contribution in [2.75, 3.05) is 57.9 Å². The molecule has 53 heavy (non-hydrogen) atoms. The Bertz CT molecular complexity index is 2300. The van der Waals surface area contributed by atoms with E-state index in [2.05, 4.69) is 25.6 Å². The van der Waals surface area contributed by atoms with Crippen LogP contribution < -0.4 is 9.64 Å². The Morgan fingerprint density at radius 1 is 1.08 bits per heavy atom. The molecule has 0 radical (unpaired) electrons. The first-order valence-corrected chi connectivity index (χ1v) is 18.4. The Kier molecular flexibility index (Phi) is 8.40. The SMILES string of the molecule is C#Cc1c(F)ccc2cc(O)cc(-c3c(F)c4nc(OC[C@@]56CCCN5C[C@H](F)C6)nc(N5[C@@H]6CC[C@H]5CN(CCCOC)C6)c4c4oc(C)nc34)c12. The number of likely N-dealkylation sites (tertiary alicyclic amines) is 1. The van der Waals surface area contributed by atoms with Crippen molar-refractivity contribution in [3.63, 3.8) is 0 Å². The summed E-state index contributed by atoms with van der Waals surface area (Å²) in [5.74, 6) is 1.62. The number of methoxy groups -OCH3 is 1. The maximum atomic E-state index is 17.7. The van der Waals surface area contributed by atoms with Gasteiger partial charge in [-0.3, -0.25) is 9.80 Å². The van der Waals surface area contributed by atoms with Crippen molar-refractivity contribution in [3.8, 4) is 35.2 Å². The monoisotopic (exact) mass is 726 g/mol. The van der Waals surface area contributed by atoms with Gasteiger partial charge in [0.2, 0.25) is 0 Å². The van der Waals surface area contributed by atoms with Crippen LogP contribution in [0.3, 0.4) is 0 Å². The lowest BCUT2D eigenvalue weighted by Crippen LogP contribution is -2.54. The topological polar surface area (TPSA) is 100 Å². The molecule has 0 unspecified atom stereocenters. The van der Waals surface area contributed by atoms with E-state index in [9.17, 15) is 9.50 Å². The van der Waals surface area contributed by atoms with E-state index in [1.54, 1.807) is 14.0 Å². The Morgan fingerprint density at radius 2 is 1.89 bits per heavy atom. The van der Waals surface area contributed by atoms with E-state index in [1.807, 2.05) is 0 Å². The molecule has 4 aliphatic heterocycles. The first-order valence-electron chi connectivity index (χ1n) is 18.4. The largest absolute Gasteiger partial charge is 0.508 e. The Hall–Kier alpha value is -4.64. The van der Waals surface area contributed by atoms with Gasteiger partial charge in [0.1, 0.15) is 41.2 Å². The molecule has 6 heterocycles. The van der Waals surface area contributed by atoms with Crippen LogP contribution in [0.2, 0.25) is 0 Å². The molecule has 5 aromatic rings. The summed E-state index contributed by atoms with van der Waals surface area (Å²) in [7, 11) is 1.71. The molecule has 3 aromatic carbocycles. The summed E-state index contributed by atoms with van der Waals surface area (Å²) in [6.07, 6.45) is 9.74. The minimum absolute atomic E-state index is 0.0190. The number of rotatable bonds is 9. The number of hydrogen-bond donors (Lipinski definition) is 1. The number of alkyl halides is 1. The standard InChI is InChI=1S/C40H41F3N6O4/c1-4-28-30(42)10-7-23-15-27(50)16-29(31(23)28)32-34(43)35-33(37-36(32)44-22(2)53-37)38(49-25-8-9-26(49)20-47(19-25)12-6-14-51-3)46-39(45-35)52-21-40-11-5-13-48(40)18-24(41)17-40/h1,7,10,15-16,24-26,50H,5-6,8-9,11-14,17-21H2,2-3H3/t24-,25-,26+,40+/m1/s1. The molecule has 4 atom stereocenters. The molecule has 1 N–H and O–H groups in total. The van der Waals surface area contributed by atoms with Crippen molar-refractivity contribution < 1.29 is 32.2 Å². The highest BCUT2D eigenvalue weighted by atomic mass is 19.1. The lowest BCUT2D eigenvalue weighted by Gasteiger charge is -2.42. The van der Waals surface area contributed by atoms with Gasteiger partial charge in [0, 0.05) is 70.7 Å². The van der Waals surface area contributed by atoms with E-state index in [1.165, 1.54) is 24.3 Å². The van der Waals surface area contributed by atoms with Gasteiger partial charge in [0.25, 0.3) is 0 Å². The lowest BCUT2D eigenvalue weighted by atomic mass is 9.92. The van der Waals surface area contributed by atoms with Crippen molar-refractivity contribution in [2.24, 2.45) is 0 Å². The van der Waals surface area contributed by atoms with Crippen LogP contribution in [0.5, 0.6) is 11.8 Å². The van der Waals surface area contributed by atoms with Gasteiger partial charge in [-0.1, -0.05) is 12.0 Å². The first kappa shape index (κ1) is 34.1. The van der Waals surface area contributed by atoms with Crippen molar-refractivity contribution in [3.05, 3.63) is 47.4 Å². The normalized spacial score (nSPS) is 24.5. The maximum absolute atomic E-state index is 17.7. The zero-order valence-corrected chi connectivity index (χ0v) is 29.8. The summed E-state index contributed by atoms with van der Waals surface area (Å²) in [6, 6.07) is 5.69. The predicted molar refractivity (Wildman–Crippen MR) is 195 cm³/mol. The highest BCUT2D eigenvalue weighted by Gasteiger charge is 2.50. The van der Waals surface area contributed by atoms with E-state index in [-0.39, 0.29) is 75.0 Å². The summed E-state index contributed by atoms with van der Waals surface area (Å²) in [6.45, 7) is 6.19. The van der Waals surface area contributed by atoms with Gasteiger partial charge in [-0.25, -0.2) is 18.2 Å². The van der Waals surface area contributed by atoms with Gasteiger partial charge in [0.05, 0.1) is 22.1 Å². The van der Waals surface area contributed by atoms with Crippen LogP contribution in [-0.4, -0.2) is 107 Å². The lowest BCUT2D eigenvalue weighted by molar-refractivity contribution is 0.107. The van der Waals surface area contributed by atoms with Gasteiger partial charge in [-0.15, -0.1) is 6.42 Å². The average Bonchev–Trinajstić information content (AvgIpc) is 3.86. The molecule has 0 amide bonds. The number of halogens is 3. The molecule has 0 aliphatic carbocycles. The number of ether oxygens (including phenoxy) is 2. The second-order valence-electron chi connectivity index (χ2n) is 15.1. The third-order valence-corrected chi connectivity index (χ3v) is 11.8. The fraction of sp³-hybridized carbons (Fsp3) is 0.475. The number of anilines is 1. The quantitative estimate of drug-likeness (QED) is 0.134. The van der Waals surface area contributed by atoms with Gasteiger partial charge >= 0.3 is 6.01 Å². The smallest absolute Gasteiger partial charge is 0.319 e. The summed E-state index contributed by atoms with van der Waals surface area (Å²) < 4.78 is 65.7. The van der Waals surface area contributed by atoms with E-state index in [4.69, 9.17) is 30.3 Å². The first-order chi connectivity index (χ1) is 25.7. The number of oxazole rings is 1. The second-order valence-corrected chi connectivity index (χ2v) is 15.1. The number of aryl methyl sites for hydroxylation is 1. The van der Waals surface area contributed by atoms with Crippen LogP contribution in [0.15, 0.2) is 28.7 Å². The molecule has 0 spiro atoms. The number of terminal acetylenes is 1. The predicted octanol–water partition coefficient (Wildman–Crippen LogP) is 6.51. The van der Waals surface area contributed by atoms with Crippen molar-refractivity contribution in [1.29, 1.82) is 0 Å². The van der Waals surface area contributed by atoms with Crippen molar-refractivity contribution >= 4 is 38.6 Å². The number of phenols is 1. The molecule has 9 rings (SSSR count). The Labute approximate surface area is 304 Å². The number of fused-ring (bicyclic) bond motifs is 7. The van der Waals surface area contributed by atoms with Crippen LogP contribution in [0.4, 0.5) is 19.0 Å². The Morgan fingerprint density at radius 3 is 2.66 bits per heavy atom. The number of phenolic OH excluding ortho intramolecular Hbond substituents is 1. The van der Waals surface area contributed by atoms with E-state index < -0.39 is 23.3 Å². The zero-order chi connectivity index (χ0) is 36.6. The third-order valence-electron chi connectivity index (χ3n) is 11.8. The summed E-state index contributed by atoms with van der Waals surface area (Å²) in [5.41, 5.74) is -0.0442. The molecule has 276 valence electrons. The number of aromatic hydroxyl groups is 1. The number of piperazine rings is 1. The van der Waals surface area contributed by atoms with Crippen LogP contribution >= 0.6 is 0 Å². The van der Waals surface area contributed by atoms with Crippen LogP contribution in [0.25, 0.3) is 43.9 Å². The molecule has 2 bridgehead atoms. The fourth-order valence-electron chi connectivity index (χ4n) is 9.64. The minimum atomic E-state index is -0.944. The summed E-state index contributed by atoms with van der Waals surface area (Å²) in [4.78, 5) is 21.3. The van der Waals surface area contributed by atoms with Crippen LogP contribution in [0.1, 0.15) is 50.0 Å². The molecule has 4 aliphatic rings. The fourth-order valence-corrected chi connectivity index (χ4v) is 9.64. The minimum Gasteiger partial charge on any atom is -0.508 e. The average molecular weight is 727 g/mol. The number of hydrogen-bond acceptors (Lipinski definition) is 10. The van der Waals surface area contributed by atoms with Gasteiger partial charge in [0.15, 0.2) is 17.3 Å². The van der Waals surface area contributed by atoms with Crippen LogP contribution in [0, 0.1) is 30.9 Å². The number of aromatic nitrogens is 3. The molecule has 13 heteroatoms.